The topological polar surface area (TPSA) is 37.4 Å². The average Bonchev–Trinajstić information content (AvgIpc) is 2.50. The van der Waals surface area contributed by atoms with Gasteiger partial charge in [-0.1, -0.05) is 22.0 Å². The third-order valence-corrected chi connectivity index (χ3v) is 5.71. The summed E-state index contributed by atoms with van der Waals surface area (Å²) in [5.41, 5.74) is 3.66. The van der Waals surface area contributed by atoms with Crippen molar-refractivity contribution in [3.63, 3.8) is 0 Å². The van der Waals surface area contributed by atoms with Gasteiger partial charge in [-0.05, 0) is 36.6 Å². The number of hydrogen-bond donors (Lipinski definition) is 0. The van der Waals surface area contributed by atoms with Crippen LogP contribution >= 0.6 is 15.9 Å². The lowest BCUT2D eigenvalue weighted by Gasteiger charge is -2.23. The highest BCUT2D eigenvalue weighted by molar-refractivity contribution is 9.08. The molecule has 0 amide bonds. The van der Waals surface area contributed by atoms with Crippen LogP contribution in [0.3, 0.4) is 0 Å². The summed E-state index contributed by atoms with van der Waals surface area (Å²) in [6.07, 6.45) is 0.724. The highest BCUT2D eigenvalue weighted by atomic mass is 79.9. The fraction of sp³-hybridized carbons (Fsp3) is 0.538. The van der Waals surface area contributed by atoms with Crippen molar-refractivity contribution >= 4 is 31.5 Å². The molecule has 0 aromatic heterocycles. The molecule has 0 radical (unpaired) electrons. The van der Waals surface area contributed by atoms with E-state index < -0.39 is 9.84 Å². The van der Waals surface area contributed by atoms with Gasteiger partial charge in [-0.25, -0.2) is 8.42 Å². The molecule has 18 heavy (non-hydrogen) atoms. The Kier molecular flexibility index (Phi) is 4.33. The molecule has 3 nitrogen and oxygen atoms in total. The third-order valence-electron chi connectivity index (χ3n) is 3.39. The molecule has 2 rings (SSSR count). The van der Waals surface area contributed by atoms with Gasteiger partial charge in [0.2, 0.25) is 0 Å². The van der Waals surface area contributed by atoms with Crippen LogP contribution in [-0.2, 0) is 15.2 Å². The highest BCUT2D eigenvalue weighted by Gasteiger charge is 2.19. The maximum atomic E-state index is 11.6. The number of sulfone groups is 1. The quantitative estimate of drug-likeness (QED) is 0.781. The molecule has 1 aromatic rings. The number of benzene rings is 1. The zero-order valence-corrected chi connectivity index (χ0v) is 12.9. The fourth-order valence-corrected chi connectivity index (χ4v) is 4.12. The van der Waals surface area contributed by atoms with Gasteiger partial charge < -0.3 is 4.90 Å². The van der Waals surface area contributed by atoms with E-state index in [9.17, 15) is 8.42 Å². The summed E-state index contributed by atoms with van der Waals surface area (Å²) in [5.74, 6) is 0.591. The number of alkyl halides is 1. The minimum atomic E-state index is -2.83. The van der Waals surface area contributed by atoms with Crippen LogP contribution < -0.4 is 4.90 Å². The molecule has 1 saturated heterocycles. The molecular formula is C13H18BrNO2S. The maximum absolute atomic E-state index is 11.6. The molecule has 1 fully saturated rings. The SMILES string of the molecule is Cc1cc(N2CCCS(=O)(=O)CC2)ccc1CBr. The zero-order chi connectivity index (χ0) is 13.2. The van der Waals surface area contributed by atoms with Crippen LogP contribution in [0, 0.1) is 6.92 Å². The van der Waals surface area contributed by atoms with Crippen LogP contribution in [0.5, 0.6) is 0 Å². The molecule has 0 atom stereocenters. The fourth-order valence-electron chi connectivity index (χ4n) is 2.22. The van der Waals surface area contributed by atoms with Gasteiger partial charge in [-0.3, -0.25) is 0 Å². The average molecular weight is 332 g/mol. The molecule has 0 N–H and O–H groups in total. The predicted octanol–water partition coefficient (Wildman–Crippen LogP) is 2.51. The van der Waals surface area contributed by atoms with E-state index in [1.54, 1.807) is 0 Å². The monoisotopic (exact) mass is 331 g/mol. The maximum Gasteiger partial charge on any atom is 0.152 e. The third kappa shape index (κ3) is 3.26. The van der Waals surface area contributed by atoms with Crippen LogP contribution in [0.15, 0.2) is 18.2 Å². The number of halogens is 1. The highest BCUT2D eigenvalue weighted by Crippen LogP contribution is 2.22. The Morgan fingerprint density at radius 3 is 2.72 bits per heavy atom. The van der Waals surface area contributed by atoms with E-state index in [0.29, 0.717) is 12.3 Å². The molecule has 1 aliphatic rings. The Hall–Kier alpha value is -0.550. The first kappa shape index (κ1) is 13.9. The largest absolute Gasteiger partial charge is 0.370 e. The summed E-state index contributed by atoms with van der Waals surface area (Å²) in [4.78, 5) is 2.18. The van der Waals surface area contributed by atoms with Crippen LogP contribution in [0.1, 0.15) is 17.5 Å². The lowest BCUT2D eigenvalue weighted by atomic mass is 10.1. The van der Waals surface area contributed by atoms with Crippen molar-refractivity contribution in [2.24, 2.45) is 0 Å². The number of rotatable bonds is 2. The van der Waals surface area contributed by atoms with Crippen molar-refractivity contribution in [3.8, 4) is 0 Å². The van der Waals surface area contributed by atoms with E-state index in [0.717, 1.165) is 24.0 Å². The van der Waals surface area contributed by atoms with Crippen molar-refractivity contribution < 1.29 is 8.42 Å². The number of nitrogens with zero attached hydrogens (tertiary/aromatic N) is 1. The molecule has 1 aromatic carbocycles. The van der Waals surface area contributed by atoms with E-state index in [2.05, 4.69) is 46.0 Å². The van der Waals surface area contributed by atoms with Gasteiger partial charge in [-0.2, -0.15) is 0 Å². The standard InChI is InChI=1S/C13H18BrNO2S/c1-11-9-13(4-3-12(11)10-14)15-5-2-7-18(16,17)8-6-15/h3-4,9H,2,5-8,10H2,1H3. The second-order valence-corrected chi connectivity index (χ2v) is 7.60. The second kappa shape index (κ2) is 5.61. The summed E-state index contributed by atoms with van der Waals surface area (Å²) in [5, 5.41) is 0.855. The Bertz CT molecular complexity index is 528. The summed E-state index contributed by atoms with van der Waals surface area (Å²) in [6.45, 7) is 3.52. The molecule has 0 bridgehead atoms. The Morgan fingerprint density at radius 2 is 2.06 bits per heavy atom. The summed E-state index contributed by atoms with van der Waals surface area (Å²) in [7, 11) is -2.83. The van der Waals surface area contributed by atoms with Gasteiger partial charge in [-0.15, -0.1) is 0 Å². The first-order valence-corrected chi connectivity index (χ1v) is 9.07. The van der Waals surface area contributed by atoms with Crippen LogP contribution in [0.4, 0.5) is 5.69 Å². The number of aryl methyl sites for hydroxylation is 1. The summed E-state index contributed by atoms with van der Waals surface area (Å²) < 4.78 is 23.2. The number of hydrogen-bond acceptors (Lipinski definition) is 3. The van der Waals surface area contributed by atoms with Gasteiger partial charge >= 0.3 is 0 Å². The smallest absolute Gasteiger partial charge is 0.152 e. The van der Waals surface area contributed by atoms with E-state index >= 15 is 0 Å². The molecule has 0 aliphatic carbocycles. The van der Waals surface area contributed by atoms with Crippen LogP contribution in [0.25, 0.3) is 0 Å². The van der Waals surface area contributed by atoms with E-state index in [-0.39, 0.29) is 5.75 Å². The first-order chi connectivity index (χ1) is 8.52. The molecule has 0 spiro atoms. The van der Waals surface area contributed by atoms with E-state index in [1.165, 1.54) is 11.1 Å². The van der Waals surface area contributed by atoms with Crippen molar-refractivity contribution in [3.05, 3.63) is 29.3 Å². The number of anilines is 1. The molecule has 1 heterocycles. The summed E-state index contributed by atoms with van der Waals surface area (Å²) >= 11 is 3.46. The lowest BCUT2D eigenvalue weighted by Crippen LogP contribution is -2.26. The van der Waals surface area contributed by atoms with Crippen LogP contribution in [0.2, 0.25) is 0 Å². The minimum Gasteiger partial charge on any atom is -0.370 e. The Morgan fingerprint density at radius 1 is 1.28 bits per heavy atom. The molecule has 0 unspecified atom stereocenters. The first-order valence-electron chi connectivity index (χ1n) is 6.13. The van der Waals surface area contributed by atoms with Gasteiger partial charge in [0.1, 0.15) is 0 Å². The zero-order valence-electron chi connectivity index (χ0n) is 10.5. The molecular weight excluding hydrogens is 314 g/mol. The summed E-state index contributed by atoms with van der Waals surface area (Å²) in [6, 6.07) is 6.34. The molecule has 0 saturated carbocycles. The van der Waals surface area contributed by atoms with Gasteiger partial charge in [0.05, 0.1) is 11.5 Å². The molecule has 5 heteroatoms. The van der Waals surface area contributed by atoms with Crippen molar-refractivity contribution in [2.45, 2.75) is 18.7 Å². The Labute approximate surface area is 117 Å². The van der Waals surface area contributed by atoms with Crippen molar-refractivity contribution in [1.82, 2.24) is 0 Å². The van der Waals surface area contributed by atoms with Crippen LogP contribution in [-0.4, -0.2) is 33.0 Å². The second-order valence-electron chi connectivity index (χ2n) is 4.74. The predicted molar refractivity (Wildman–Crippen MR) is 79.3 cm³/mol. The van der Waals surface area contributed by atoms with E-state index in [1.807, 2.05) is 0 Å². The minimum absolute atomic E-state index is 0.270. The Balaban J connectivity index is 2.19. The van der Waals surface area contributed by atoms with Crippen molar-refractivity contribution in [2.75, 3.05) is 29.5 Å². The molecule has 100 valence electrons. The molecule has 1 aliphatic heterocycles. The van der Waals surface area contributed by atoms with Crippen molar-refractivity contribution in [1.29, 1.82) is 0 Å². The van der Waals surface area contributed by atoms with Gasteiger partial charge in [0.15, 0.2) is 9.84 Å². The lowest BCUT2D eigenvalue weighted by molar-refractivity contribution is 0.597. The van der Waals surface area contributed by atoms with Gasteiger partial charge in [0, 0.05) is 24.1 Å². The van der Waals surface area contributed by atoms with Gasteiger partial charge in [0.25, 0.3) is 0 Å². The normalized spacial score (nSPS) is 19.6. The van der Waals surface area contributed by atoms with E-state index in [4.69, 9.17) is 0 Å².